The van der Waals surface area contributed by atoms with Crippen molar-refractivity contribution in [2.75, 3.05) is 36.9 Å². The van der Waals surface area contributed by atoms with Gasteiger partial charge < -0.3 is 15.1 Å². The Balaban J connectivity index is 1.33. The van der Waals surface area contributed by atoms with Gasteiger partial charge in [-0.2, -0.15) is 5.26 Å². The lowest BCUT2D eigenvalue weighted by Crippen LogP contribution is -2.49. The number of aliphatic imine (C=N–C) groups is 1. The summed E-state index contributed by atoms with van der Waals surface area (Å²) in [6.45, 7) is 4.18. The van der Waals surface area contributed by atoms with Crippen LogP contribution in [0.3, 0.4) is 0 Å². The molecule has 2 aliphatic carbocycles. The average Bonchev–Trinajstić information content (AvgIpc) is 3.67. The van der Waals surface area contributed by atoms with Gasteiger partial charge in [-0.3, -0.25) is 9.79 Å². The molecule has 1 N–H and O–H groups in total. The highest BCUT2D eigenvalue weighted by atomic mass is 16.2. The molecule has 2 atom stereocenters. The molecule has 0 aromatic carbocycles. The monoisotopic (exact) mass is 457 g/mol. The average molecular weight is 458 g/mol. The third kappa shape index (κ3) is 4.35. The maximum Gasteiger partial charge on any atom is 0.254 e. The topological polar surface area (TPSA) is 97.5 Å². The Morgan fingerprint density at radius 2 is 2.21 bits per heavy atom. The molecule has 1 aromatic rings. The van der Waals surface area contributed by atoms with E-state index in [4.69, 9.17) is 4.98 Å². The maximum atomic E-state index is 13.2. The van der Waals surface area contributed by atoms with Crippen molar-refractivity contribution in [1.82, 2.24) is 14.9 Å². The molecule has 2 saturated heterocycles. The smallest absolute Gasteiger partial charge is 0.254 e. The summed E-state index contributed by atoms with van der Waals surface area (Å²) in [7, 11) is 1.69. The fourth-order valence-electron chi connectivity index (χ4n) is 5.29. The molecule has 0 radical (unpaired) electrons. The van der Waals surface area contributed by atoms with E-state index >= 15 is 0 Å². The molecule has 3 fully saturated rings. The maximum absolute atomic E-state index is 13.2. The number of piperidine rings is 1. The fraction of sp³-hybridized carbons (Fsp3) is 0.500. The highest BCUT2D eigenvalue weighted by molar-refractivity contribution is 6.01. The summed E-state index contributed by atoms with van der Waals surface area (Å²) in [6.07, 6.45) is 15.4. The Kier molecular flexibility index (Phi) is 6.18. The van der Waals surface area contributed by atoms with Crippen molar-refractivity contribution >= 4 is 23.8 Å². The molecule has 8 nitrogen and oxygen atoms in total. The van der Waals surface area contributed by atoms with Crippen LogP contribution in [-0.2, 0) is 4.79 Å². The molecular weight excluding hydrogens is 426 g/mol. The van der Waals surface area contributed by atoms with E-state index in [1.165, 1.54) is 18.4 Å². The second-order valence-corrected chi connectivity index (χ2v) is 9.52. The number of rotatable bonds is 6. The molecular formula is C26H31N7O. The van der Waals surface area contributed by atoms with Gasteiger partial charge in [0.05, 0.1) is 11.9 Å². The van der Waals surface area contributed by atoms with E-state index in [0.717, 1.165) is 49.5 Å². The number of likely N-dealkylation sites (tertiary alicyclic amines) is 1. The Morgan fingerprint density at radius 3 is 2.94 bits per heavy atom. The van der Waals surface area contributed by atoms with E-state index in [-0.39, 0.29) is 17.6 Å². The normalized spacial score (nSPS) is 25.2. The van der Waals surface area contributed by atoms with Crippen LogP contribution in [0.5, 0.6) is 0 Å². The molecule has 4 aliphatic rings. The van der Waals surface area contributed by atoms with Gasteiger partial charge in [0.1, 0.15) is 11.9 Å². The van der Waals surface area contributed by atoms with Gasteiger partial charge >= 0.3 is 0 Å². The second-order valence-electron chi connectivity index (χ2n) is 9.52. The van der Waals surface area contributed by atoms with Crippen LogP contribution < -0.4 is 10.2 Å². The molecule has 1 unspecified atom stereocenters. The van der Waals surface area contributed by atoms with Crippen molar-refractivity contribution in [2.24, 2.45) is 16.8 Å². The van der Waals surface area contributed by atoms with Crippen molar-refractivity contribution in [1.29, 1.82) is 5.26 Å². The van der Waals surface area contributed by atoms with Crippen molar-refractivity contribution in [3.05, 3.63) is 47.0 Å². The number of nitriles is 1. The van der Waals surface area contributed by atoms with Crippen LogP contribution in [0.1, 0.15) is 44.7 Å². The van der Waals surface area contributed by atoms with Gasteiger partial charge in [-0.15, -0.1) is 0 Å². The second kappa shape index (κ2) is 9.41. The lowest BCUT2D eigenvalue weighted by atomic mass is 9.89. The summed E-state index contributed by atoms with van der Waals surface area (Å²) in [4.78, 5) is 30.6. The van der Waals surface area contributed by atoms with Crippen LogP contribution in [0.15, 0.2) is 46.3 Å². The van der Waals surface area contributed by atoms with Crippen LogP contribution >= 0.6 is 0 Å². The van der Waals surface area contributed by atoms with E-state index in [1.54, 1.807) is 19.5 Å². The number of nitrogens with one attached hydrogen (secondary N) is 1. The van der Waals surface area contributed by atoms with E-state index in [2.05, 4.69) is 43.3 Å². The molecule has 3 heterocycles. The van der Waals surface area contributed by atoms with Gasteiger partial charge in [0.2, 0.25) is 0 Å². The lowest BCUT2D eigenvalue weighted by Gasteiger charge is -2.38. The van der Waals surface area contributed by atoms with Crippen LogP contribution in [0.25, 0.3) is 0 Å². The zero-order valence-corrected chi connectivity index (χ0v) is 19.9. The third-order valence-corrected chi connectivity index (χ3v) is 7.28. The summed E-state index contributed by atoms with van der Waals surface area (Å²) >= 11 is 0. The number of hydrogen-bond donors (Lipinski definition) is 1. The Bertz CT molecular complexity index is 1140. The lowest BCUT2D eigenvalue weighted by molar-refractivity contribution is -0.126. The molecule has 8 heteroatoms. The van der Waals surface area contributed by atoms with Gasteiger partial charge in [0.15, 0.2) is 11.5 Å². The van der Waals surface area contributed by atoms with Gasteiger partial charge in [0, 0.05) is 44.5 Å². The number of aromatic nitrogens is 2. The van der Waals surface area contributed by atoms with Crippen LogP contribution in [0, 0.1) is 23.2 Å². The van der Waals surface area contributed by atoms with Gasteiger partial charge in [-0.1, -0.05) is 18.2 Å². The number of anilines is 2. The summed E-state index contributed by atoms with van der Waals surface area (Å²) in [5.41, 5.74) is 3.14. The Hall–Kier alpha value is -3.47. The first-order valence-corrected chi connectivity index (χ1v) is 12.2. The number of carbonyl (C=O) groups excluding carboxylic acids is 1. The first-order valence-electron chi connectivity index (χ1n) is 12.2. The Morgan fingerprint density at radius 1 is 1.35 bits per heavy atom. The first-order chi connectivity index (χ1) is 16.6. The summed E-state index contributed by atoms with van der Waals surface area (Å²) in [5, 5.41) is 12.7. The van der Waals surface area contributed by atoms with E-state index in [0.29, 0.717) is 24.1 Å². The standard InChI is InChI=1S/C26H31N7O/c1-3-20(13-28-2)30-25-23(12-27)29-14-24(31-25)32-10-4-5-21(16-32)33-15-19-11-18(17-6-7-17)8-9-22(19)26(33)34/h3,9,11,13-14,17-18,21H,4-8,10,15-16H2,1-2H3,(H,30,31)/b20-3+,28-13?/t18?,21-/m1/s1. The molecule has 176 valence electrons. The number of fused-ring (bicyclic) bond motifs is 1. The zero-order chi connectivity index (χ0) is 23.7. The first kappa shape index (κ1) is 22.3. The van der Waals surface area contributed by atoms with Crippen molar-refractivity contribution in [2.45, 2.75) is 45.1 Å². The molecule has 5 rings (SSSR count). The number of allylic oxidation sites excluding steroid dienone is 4. The van der Waals surface area contributed by atoms with Crippen molar-refractivity contribution in [3.8, 4) is 6.07 Å². The number of nitrogens with zero attached hydrogens (tertiary/aromatic N) is 6. The molecule has 1 amide bonds. The summed E-state index contributed by atoms with van der Waals surface area (Å²) in [5.74, 6) is 2.75. The number of amides is 1. The van der Waals surface area contributed by atoms with Crippen LogP contribution in [-0.4, -0.2) is 59.7 Å². The Labute approximate surface area is 200 Å². The minimum absolute atomic E-state index is 0.139. The summed E-state index contributed by atoms with van der Waals surface area (Å²) in [6, 6.07) is 2.25. The van der Waals surface area contributed by atoms with Crippen LogP contribution in [0.2, 0.25) is 0 Å². The number of hydrogen-bond acceptors (Lipinski definition) is 7. The zero-order valence-electron chi connectivity index (χ0n) is 19.9. The quantitative estimate of drug-likeness (QED) is 0.657. The van der Waals surface area contributed by atoms with E-state index in [1.807, 2.05) is 13.0 Å². The minimum atomic E-state index is 0.139. The van der Waals surface area contributed by atoms with Crippen molar-refractivity contribution in [3.63, 3.8) is 0 Å². The predicted octanol–water partition coefficient (Wildman–Crippen LogP) is 3.46. The molecule has 1 aromatic heterocycles. The molecule has 0 spiro atoms. The molecule has 2 aliphatic heterocycles. The predicted molar refractivity (Wildman–Crippen MR) is 132 cm³/mol. The van der Waals surface area contributed by atoms with Gasteiger partial charge in [-0.25, -0.2) is 9.97 Å². The molecule has 1 saturated carbocycles. The highest BCUT2D eigenvalue weighted by Gasteiger charge is 2.40. The minimum Gasteiger partial charge on any atom is -0.353 e. The van der Waals surface area contributed by atoms with Crippen molar-refractivity contribution < 1.29 is 4.79 Å². The van der Waals surface area contributed by atoms with Crippen LogP contribution in [0.4, 0.5) is 11.6 Å². The van der Waals surface area contributed by atoms with Gasteiger partial charge in [-0.05, 0) is 56.4 Å². The highest BCUT2D eigenvalue weighted by Crippen LogP contribution is 2.44. The SMILES string of the molecule is C/C=C(\C=NC)Nc1nc(N2CCC[C@@H](N3CC4=CC(C5CC5)CC=C4C3=O)C2)cnc1C#N. The van der Waals surface area contributed by atoms with Gasteiger partial charge in [0.25, 0.3) is 5.91 Å². The van der Waals surface area contributed by atoms with E-state index < -0.39 is 0 Å². The van der Waals surface area contributed by atoms with E-state index in [9.17, 15) is 10.1 Å². The third-order valence-electron chi connectivity index (χ3n) is 7.28. The molecule has 34 heavy (non-hydrogen) atoms. The fourth-order valence-corrected chi connectivity index (χ4v) is 5.29. The summed E-state index contributed by atoms with van der Waals surface area (Å²) < 4.78 is 0. The largest absolute Gasteiger partial charge is 0.353 e. The number of carbonyl (C=O) groups is 1. The molecule has 0 bridgehead atoms.